The molecule has 0 aliphatic heterocycles. The van der Waals surface area contributed by atoms with Crippen LogP contribution in [0.4, 0.5) is 0 Å². The molecule has 0 fully saturated rings. The average Bonchev–Trinajstić information content (AvgIpc) is 2.29. The van der Waals surface area contributed by atoms with Crippen molar-refractivity contribution in [1.82, 2.24) is 5.32 Å². The monoisotopic (exact) mass is 265 g/mol. The van der Waals surface area contributed by atoms with Crippen molar-refractivity contribution >= 4 is 0 Å². The van der Waals surface area contributed by atoms with Gasteiger partial charge >= 0.3 is 0 Å². The van der Waals surface area contributed by atoms with Crippen LogP contribution in [0.3, 0.4) is 0 Å². The van der Waals surface area contributed by atoms with E-state index in [0.717, 1.165) is 23.4 Å². The van der Waals surface area contributed by atoms with Gasteiger partial charge in [0.1, 0.15) is 5.75 Å². The Hall–Kier alpha value is -1.06. The first-order chi connectivity index (χ1) is 8.90. The lowest BCUT2D eigenvalue weighted by molar-refractivity contribution is 0.155. The third kappa shape index (κ3) is 5.62. The summed E-state index contributed by atoms with van der Waals surface area (Å²) in [6, 6.07) is 4.82. The Bertz CT molecular complexity index is 377. The van der Waals surface area contributed by atoms with E-state index in [1.807, 2.05) is 0 Å². The summed E-state index contributed by atoms with van der Waals surface area (Å²) >= 11 is 0. The average molecular weight is 265 g/mol. The second-order valence-corrected chi connectivity index (χ2v) is 5.58. The van der Waals surface area contributed by atoms with Gasteiger partial charge in [0.25, 0.3) is 0 Å². The molecular weight excluding hydrogens is 238 g/mol. The predicted octanol–water partition coefficient (Wildman–Crippen LogP) is 2.95. The van der Waals surface area contributed by atoms with Gasteiger partial charge in [0.05, 0.1) is 12.7 Å². The smallest absolute Gasteiger partial charge is 0.125 e. The lowest BCUT2D eigenvalue weighted by Crippen LogP contribution is -2.22. The molecule has 1 rings (SSSR count). The summed E-state index contributed by atoms with van der Waals surface area (Å²) in [4.78, 5) is 0. The molecule has 2 N–H and O–H groups in total. The molecule has 1 aromatic carbocycles. The molecule has 0 amide bonds. The third-order valence-electron chi connectivity index (χ3n) is 3.02. The summed E-state index contributed by atoms with van der Waals surface area (Å²) in [6.07, 6.45) is 0.352. The number of benzene rings is 1. The first-order valence-electron chi connectivity index (χ1n) is 7.04. The zero-order valence-electron chi connectivity index (χ0n) is 12.8. The van der Waals surface area contributed by atoms with E-state index in [9.17, 15) is 5.11 Å². The van der Waals surface area contributed by atoms with Gasteiger partial charge in [0.2, 0.25) is 0 Å². The van der Waals surface area contributed by atoms with Gasteiger partial charge in [-0.25, -0.2) is 0 Å². The summed E-state index contributed by atoms with van der Waals surface area (Å²) in [6.45, 7) is 11.7. The molecule has 0 heterocycles. The van der Waals surface area contributed by atoms with E-state index >= 15 is 0 Å². The minimum absolute atomic E-state index is 0.310. The van der Waals surface area contributed by atoms with Gasteiger partial charge < -0.3 is 15.2 Å². The van der Waals surface area contributed by atoms with E-state index in [1.165, 1.54) is 5.56 Å². The summed E-state index contributed by atoms with van der Waals surface area (Å²) < 4.78 is 5.78. The number of hydrogen-bond donors (Lipinski definition) is 2. The van der Waals surface area contributed by atoms with Crippen LogP contribution in [0.15, 0.2) is 12.1 Å². The minimum Gasteiger partial charge on any atom is -0.493 e. The molecule has 0 saturated heterocycles. The van der Waals surface area contributed by atoms with E-state index in [-0.39, 0.29) is 6.10 Å². The van der Waals surface area contributed by atoms with Crippen LogP contribution in [0.25, 0.3) is 0 Å². The molecule has 0 radical (unpaired) electrons. The standard InChI is InChI=1S/C16H27NO2/c1-11(2)17-10-15-8-12(3)16(13(4)9-15)19-7-6-14(5)18/h8-9,11,14,17-18H,6-7,10H2,1-5H3. The van der Waals surface area contributed by atoms with Gasteiger partial charge in [-0.1, -0.05) is 26.0 Å². The van der Waals surface area contributed by atoms with Crippen LogP contribution in [-0.2, 0) is 6.54 Å². The molecule has 108 valence electrons. The molecule has 1 atom stereocenters. The van der Waals surface area contributed by atoms with Gasteiger partial charge in [-0.3, -0.25) is 0 Å². The fraction of sp³-hybridized carbons (Fsp3) is 0.625. The van der Waals surface area contributed by atoms with Crippen LogP contribution in [-0.4, -0.2) is 23.9 Å². The van der Waals surface area contributed by atoms with Gasteiger partial charge in [0, 0.05) is 19.0 Å². The van der Waals surface area contributed by atoms with Crippen molar-refractivity contribution in [1.29, 1.82) is 0 Å². The molecule has 3 nitrogen and oxygen atoms in total. The number of aryl methyl sites for hydroxylation is 2. The van der Waals surface area contributed by atoms with Crippen molar-refractivity contribution in [3.63, 3.8) is 0 Å². The highest BCUT2D eigenvalue weighted by Gasteiger charge is 2.07. The summed E-state index contributed by atoms with van der Waals surface area (Å²) in [5.74, 6) is 0.953. The molecule has 0 aliphatic carbocycles. The van der Waals surface area contributed by atoms with Crippen molar-refractivity contribution in [2.75, 3.05) is 6.61 Å². The number of aliphatic hydroxyl groups excluding tert-OH is 1. The Morgan fingerprint density at radius 2 is 1.74 bits per heavy atom. The Morgan fingerprint density at radius 1 is 1.16 bits per heavy atom. The minimum atomic E-state index is -0.310. The molecule has 0 saturated carbocycles. The number of aliphatic hydroxyl groups is 1. The number of ether oxygens (including phenoxy) is 1. The zero-order valence-corrected chi connectivity index (χ0v) is 12.8. The Kier molecular flexibility index (Phi) is 6.32. The Morgan fingerprint density at radius 3 is 2.21 bits per heavy atom. The second kappa shape index (κ2) is 7.51. The lowest BCUT2D eigenvalue weighted by Gasteiger charge is -2.15. The highest BCUT2D eigenvalue weighted by molar-refractivity contribution is 5.43. The molecular formula is C16H27NO2. The van der Waals surface area contributed by atoms with Crippen molar-refractivity contribution in [2.45, 2.75) is 59.7 Å². The van der Waals surface area contributed by atoms with Crippen LogP contribution in [0, 0.1) is 13.8 Å². The van der Waals surface area contributed by atoms with E-state index in [4.69, 9.17) is 4.74 Å². The maximum absolute atomic E-state index is 9.25. The Balaban J connectivity index is 2.68. The molecule has 0 aromatic heterocycles. The first-order valence-corrected chi connectivity index (χ1v) is 7.04. The van der Waals surface area contributed by atoms with Crippen LogP contribution >= 0.6 is 0 Å². The van der Waals surface area contributed by atoms with Crippen molar-refractivity contribution in [3.05, 3.63) is 28.8 Å². The second-order valence-electron chi connectivity index (χ2n) is 5.58. The fourth-order valence-corrected chi connectivity index (χ4v) is 2.02. The van der Waals surface area contributed by atoms with Gasteiger partial charge in [-0.2, -0.15) is 0 Å². The molecule has 0 bridgehead atoms. The van der Waals surface area contributed by atoms with Crippen LogP contribution in [0.5, 0.6) is 5.75 Å². The number of rotatable bonds is 7. The molecule has 19 heavy (non-hydrogen) atoms. The fourth-order valence-electron chi connectivity index (χ4n) is 2.02. The van der Waals surface area contributed by atoms with Crippen molar-refractivity contribution in [2.24, 2.45) is 0 Å². The summed E-state index contributed by atoms with van der Waals surface area (Å²) in [5, 5.41) is 12.7. The molecule has 0 aliphatic rings. The zero-order chi connectivity index (χ0) is 14.4. The number of nitrogens with one attached hydrogen (secondary N) is 1. The predicted molar refractivity (Wildman–Crippen MR) is 79.7 cm³/mol. The van der Waals surface area contributed by atoms with Gasteiger partial charge in [-0.05, 0) is 37.5 Å². The third-order valence-corrected chi connectivity index (χ3v) is 3.02. The quantitative estimate of drug-likeness (QED) is 0.796. The summed E-state index contributed by atoms with van der Waals surface area (Å²) in [5.41, 5.74) is 3.60. The molecule has 1 aromatic rings. The normalized spacial score (nSPS) is 12.8. The molecule has 1 unspecified atom stereocenters. The maximum atomic E-state index is 9.25. The topological polar surface area (TPSA) is 41.5 Å². The van der Waals surface area contributed by atoms with Crippen molar-refractivity contribution in [3.8, 4) is 5.75 Å². The Labute approximate surface area is 117 Å². The summed E-state index contributed by atoms with van der Waals surface area (Å²) in [7, 11) is 0. The maximum Gasteiger partial charge on any atom is 0.125 e. The highest BCUT2D eigenvalue weighted by atomic mass is 16.5. The lowest BCUT2D eigenvalue weighted by atomic mass is 10.1. The molecule has 3 heteroatoms. The van der Waals surface area contributed by atoms with Gasteiger partial charge in [0.15, 0.2) is 0 Å². The van der Waals surface area contributed by atoms with Crippen LogP contribution in [0.2, 0.25) is 0 Å². The van der Waals surface area contributed by atoms with E-state index in [2.05, 4.69) is 45.1 Å². The SMILES string of the molecule is Cc1cc(CNC(C)C)cc(C)c1OCCC(C)O. The largest absolute Gasteiger partial charge is 0.493 e. The van der Waals surface area contributed by atoms with E-state index in [1.54, 1.807) is 6.92 Å². The van der Waals surface area contributed by atoms with E-state index < -0.39 is 0 Å². The van der Waals surface area contributed by atoms with E-state index in [0.29, 0.717) is 19.1 Å². The van der Waals surface area contributed by atoms with Crippen LogP contribution < -0.4 is 10.1 Å². The van der Waals surface area contributed by atoms with Gasteiger partial charge in [-0.15, -0.1) is 0 Å². The highest BCUT2D eigenvalue weighted by Crippen LogP contribution is 2.25. The molecule has 0 spiro atoms. The number of hydrogen-bond acceptors (Lipinski definition) is 3. The van der Waals surface area contributed by atoms with Crippen LogP contribution in [0.1, 0.15) is 43.9 Å². The van der Waals surface area contributed by atoms with Crippen molar-refractivity contribution < 1.29 is 9.84 Å². The first kappa shape index (κ1) is 16.0.